The molecule has 0 saturated carbocycles. The number of rotatable bonds is 2. The largest absolute Gasteiger partial charge is 0.508 e. The maximum atomic E-state index is 13.4. The lowest BCUT2D eigenvalue weighted by Gasteiger charge is -2.41. The van der Waals surface area contributed by atoms with Crippen molar-refractivity contribution in [3.8, 4) is 17.2 Å². The molecule has 210 valence electrons. The molecular formula is C28H23N3O10. The van der Waals surface area contributed by atoms with E-state index in [9.17, 15) is 35.1 Å². The van der Waals surface area contributed by atoms with Crippen LogP contribution in [-0.2, 0) is 4.74 Å². The van der Waals surface area contributed by atoms with Crippen molar-refractivity contribution in [2.24, 2.45) is 0 Å². The Hall–Kier alpha value is -4.40. The summed E-state index contributed by atoms with van der Waals surface area (Å²) in [4.78, 5) is 29.9. The van der Waals surface area contributed by atoms with E-state index < -0.39 is 49.1 Å². The number of aromatic nitrogens is 2. The molecule has 41 heavy (non-hydrogen) atoms. The Morgan fingerprint density at radius 1 is 0.878 bits per heavy atom. The van der Waals surface area contributed by atoms with Gasteiger partial charge in [-0.1, -0.05) is 0 Å². The fraction of sp³-hybridized carbons (Fsp3) is 0.286. The molecule has 5 heterocycles. The number of benzene rings is 3. The van der Waals surface area contributed by atoms with Crippen LogP contribution in [0, 0.1) is 0 Å². The lowest BCUT2D eigenvalue weighted by molar-refractivity contribution is -0.249. The van der Waals surface area contributed by atoms with Gasteiger partial charge in [0.15, 0.2) is 17.7 Å². The third-order valence-corrected chi connectivity index (χ3v) is 8.24. The number of fused-ring (bicyclic) bond motifs is 11. The van der Waals surface area contributed by atoms with E-state index in [4.69, 9.17) is 14.2 Å². The quantitative estimate of drug-likeness (QED) is 0.151. The Morgan fingerprint density at radius 3 is 2.32 bits per heavy atom. The standard InChI is InChI=1S/C28H23N3O10/c32-8-16-23(34)24(35)25(36)28(41-16)31-13-7-15-14(39-3-4-40-15)6-11(13)18-20-19(26(37)30-27(20)38)17-10-5-9(33)1-2-12(10)29-21(17)22(18)31/h1-2,5-7,16,23-25,28-29,32-36H,3-4,8H2,(H,30,37,38)/t16-,23+,24-,25-,28?/m1/s1. The van der Waals surface area contributed by atoms with Gasteiger partial charge in [0, 0.05) is 33.1 Å². The molecule has 3 aromatic carbocycles. The highest BCUT2D eigenvalue weighted by Gasteiger charge is 2.46. The number of aliphatic hydroxyl groups is 4. The monoisotopic (exact) mass is 561 g/mol. The second-order valence-electron chi connectivity index (χ2n) is 10.5. The van der Waals surface area contributed by atoms with E-state index >= 15 is 0 Å². The normalized spacial score (nSPS) is 25.9. The van der Waals surface area contributed by atoms with Crippen molar-refractivity contribution in [2.45, 2.75) is 30.6 Å². The molecule has 5 aromatic rings. The van der Waals surface area contributed by atoms with E-state index in [2.05, 4.69) is 10.3 Å². The van der Waals surface area contributed by atoms with Gasteiger partial charge in [-0.3, -0.25) is 14.9 Å². The first-order chi connectivity index (χ1) is 19.8. The molecular weight excluding hydrogens is 538 g/mol. The number of aromatic hydroxyl groups is 1. The number of hydrogen-bond acceptors (Lipinski definition) is 10. The third-order valence-electron chi connectivity index (χ3n) is 8.24. The van der Waals surface area contributed by atoms with Crippen LogP contribution in [0.2, 0.25) is 0 Å². The first kappa shape index (κ1) is 24.4. The molecule has 8 rings (SSSR count). The van der Waals surface area contributed by atoms with Crippen molar-refractivity contribution < 1.29 is 49.3 Å². The molecule has 5 atom stereocenters. The zero-order chi connectivity index (χ0) is 28.3. The summed E-state index contributed by atoms with van der Waals surface area (Å²) < 4.78 is 19.2. The van der Waals surface area contributed by atoms with Crippen LogP contribution in [0.1, 0.15) is 26.9 Å². The van der Waals surface area contributed by atoms with E-state index in [0.29, 0.717) is 68.3 Å². The summed E-state index contributed by atoms with van der Waals surface area (Å²) in [5.74, 6) is -0.473. The van der Waals surface area contributed by atoms with Gasteiger partial charge in [-0.05, 0) is 24.3 Å². The van der Waals surface area contributed by atoms with Crippen LogP contribution >= 0.6 is 0 Å². The van der Waals surface area contributed by atoms with Crippen molar-refractivity contribution in [1.82, 2.24) is 14.9 Å². The van der Waals surface area contributed by atoms with Crippen molar-refractivity contribution in [3.05, 3.63) is 41.5 Å². The molecule has 2 amide bonds. The van der Waals surface area contributed by atoms with Crippen LogP contribution < -0.4 is 14.8 Å². The number of phenols is 1. The molecule has 0 aliphatic carbocycles. The number of aliphatic hydroxyl groups excluding tert-OH is 4. The zero-order valence-corrected chi connectivity index (χ0v) is 21.1. The highest BCUT2D eigenvalue weighted by molar-refractivity contribution is 6.39. The average Bonchev–Trinajstić information content (AvgIpc) is 3.59. The molecule has 0 bridgehead atoms. The molecule has 0 radical (unpaired) electrons. The van der Waals surface area contributed by atoms with Crippen LogP contribution in [0.5, 0.6) is 17.2 Å². The van der Waals surface area contributed by atoms with Gasteiger partial charge >= 0.3 is 0 Å². The highest BCUT2D eigenvalue weighted by Crippen LogP contribution is 2.48. The number of H-pyrrole nitrogens is 1. The van der Waals surface area contributed by atoms with E-state index in [1.54, 1.807) is 22.8 Å². The molecule has 2 aromatic heterocycles. The Labute approximate surface area is 229 Å². The van der Waals surface area contributed by atoms with Crippen LogP contribution in [0.4, 0.5) is 0 Å². The molecule has 7 N–H and O–H groups in total. The lowest BCUT2D eigenvalue weighted by atomic mass is 9.96. The number of nitrogens with one attached hydrogen (secondary N) is 2. The number of carbonyl (C=O) groups is 2. The van der Waals surface area contributed by atoms with E-state index in [1.807, 2.05) is 0 Å². The van der Waals surface area contributed by atoms with Gasteiger partial charge in [0.25, 0.3) is 11.8 Å². The van der Waals surface area contributed by atoms with E-state index in [1.165, 1.54) is 12.1 Å². The summed E-state index contributed by atoms with van der Waals surface area (Å²) in [6.07, 6.45) is -7.49. The maximum Gasteiger partial charge on any atom is 0.259 e. The van der Waals surface area contributed by atoms with Crippen molar-refractivity contribution >= 4 is 55.4 Å². The van der Waals surface area contributed by atoms with Gasteiger partial charge in [0.05, 0.1) is 34.3 Å². The summed E-state index contributed by atoms with van der Waals surface area (Å²) >= 11 is 0. The van der Waals surface area contributed by atoms with Crippen LogP contribution in [0.25, 0.3) is 43.6 Å². The smallest absolute Gasteiger partial charge is 0.259 e. The van der Waals surface area contributed by atoms with Crippen molar-refractivity contribution in [2.75, 3.05) is 19.8 Å². The summed E-state index contributed by atoms with van der Waals surface area (Å²) in [6, 6.07) is 7.95. The minimum absolute atomic E-state index is 0.0478. The molecule has 1 unspecified atom stereocenters. The molecule has 1 saturated heterocycles. The van der Waals surface area contributed by atoms with Gasteiger partial charge in [-0.25, -0.2) is 0 Å². The maximum absolute atomic E-state index is 13.4. The Bertz CT molecular complexity index is 1980. The van der Waals surface area contributed by atoms with Crippen LogP contribution in [-0.4, -0.2) is 91.1 Å². The van der Waals surface area contributed by atoms with Gasteiger partial charge in [-0.15, -0.1) is 0 Å². The van der Waals surface area contributed by atoms with Crippen LogP contribution in [0.3, 0.4) is 0 Å². The molecule has 13 nitrogen and oxygen atoms in total. The van der Waals surface area contributed by atoms with Gasteiger partial charge in [0.1, 0.15) is 43.4 Å². The molecule has 1 fully saturated rings. The molecule has 13 heteroatoms. The number of amides is 2. The van der Waals surface area contributed by atoms with Crippen LogP contribution in [0.15, 0.2) is 30.3 Å². The first-order valence-corrected chi connectivity index (χ1v) is 13.0. The predicted molar refractivity (Wildman–Crippen MR) is 142 cm³/mol. The number of nitrogens with zero attached hydrogens (tertiary/aromatic N) is 1. The second kappa shape index (κ2) is 8.31. The number of hydrogen-bond donors (Lipinski definition) is 7. The Kier molecular flexibility index (Phi) is 4.95. The summed E-state index contributed by atoms with van der Waals surface area (Å²) in [6.45, 7) is -0.0458. The Balaban J connectivity index is 1.60. The van der Waals surface area contributed by atoms with Gasteiger partial charge < -0.3 is 49.3 Å². The average molecular weight is 562 g/mol. The third kappa shape index (κ3) is 3.11. The fourth-order valence-corrected chi connectivity index (χ4v) is 6.45. The number of aromatic amines is 1. The number of phenolic OH excluding ortho intramolecular Hbond substituents is 1. The zero-order valence-electron chi connectivity index (χ0n) is 21.1. The van der Waals surface area contributed by atoms with Crippen molar-refractivity contribution in [1.29, 1.82) is 0 Å². The molecule has 3 aliphatic heterocycles. The minimum Gasteiger partial charge on any atom is -0.508 e. The number of imide groups is 1. The topological polar surface area (TPSA) is 196 Å². The van der Waals surface area contributed by atoms with E-state index in [-0.39, 0.29) is 16.9 Å². The second-order valence-corrected chi connectivity index (χ2v) is 10.5. The minimum atomic E-state index is -1.68. The molecule has 0 spiro atoms. The predicted octanol–water partition coefficient (Wildman–Crippen LogP) is 0.762. The number of ether oxygens (including phenoxy) is 3. The summed E-state index contributed by atoms with van der Waals surface area (Å²) in [7, 11) is 0. The number of carbonyl (C=O) groups excluding carboxylic acids is 2. The SMILES string of the molecule is O=C1NC(=O)c2c1c1c3cc(O)ccc3[nH]c1c1c2c2cc3c(cc2n1C1O[C@H](CO)[C@H](O)[C@@H](O)[C@H]1O)OCCO3. The first-order valence-electron chi connectivity index (χ1n) is 13.0. The molecule has 3 aliphatic rings. The van der Waals surface area contributed by atoms with Gasteiger partial charge in [0.2, 0.25) is 0 Å². The Morgan fingerprint density at radius 2 is 1.59 bits per heavy atom. The highest BCUT2D eigenvalue weighted by atomic mass is 16.6. The summed E-state index contributed by atoms with van der Waals surface area (Å²) in [5, 5.41) is 56.7. The summed E-state index contributed by atoms with van der Waals surface area (Å²) in [5.41, 5.74) is 1.94. The van der Waals surface area contributed by atoms with Crippen molar-refractivity contribution in [3.63, 3.8) is 0 Å². The lowest BCUT2D eigenvalue weighted by Crippen LogP contribution is -2.56. The van der Waals surface area contributed by atoms with E-state index in [0.717, 1.165) is 0 Å². The van der Waals surface area contributed by atoms with Gasteiger partial charge in [-0.2, -0.15) is 0 Å². The fourth-order valence-electron chi connectivity index (χ4n) is 6.45.